The summed E-state index contributed by atoms with van der Waals surface area (Å²) in [5, 5.41) is 14.1. The largest absolute Gasteiger partial charge is 0.417 e. The minimum absolute atomic E-state index is 0.318. The highest BCUT2D eigenvalue weighted by Gasteiger charge is 2.37. The average Bonchev–Trinajstić information content (AvgIpc) is 3.18. The number of hydrogen-bond donors (Lipinski definition) is 1. The molecule has 1 N–H and O–H groups in total. The fourth-order valence-electron chi connectivity index (χ4n) is 3.26. The van der Waals surface area contributed by atoms with Gasteiger partial charge in [-0.25, -0.2) is 4.98 Å². The van der Waals surface area contributed by atoms with Crippen molar-refractivity contribution in [3.63, 3.8) is 0 Å². The number of halogens is 3. The first-order chi connectivity index (χ1) is 15.1. The second-order valence-electron chi connectivity index (χ2n) is 6.90. The molecular weight excluding hydrogens is 443 g/mol. The normalized spacial score (nSPS) is 11.5. The van der Waals surface area contributed by atoms with Crippen LogP contribution < -0.4 is 5.32 Å². The number of aromatic nitrogens is 1. The monoisotopic (exact) mass is 457 g/mol. The van der Waals surface area contributed by atoms with Crippen molar-refractivity contribution in [2.45, 2.75) is 13.1 Å². The fraction of sp³-hybridized carbons (Fsp3) is 0.0909. The van der Waals surface area contributed by atoms with E-state index < -0.39 is 33.8 Å². The van der Waals surface area contributed by atoms with Crippen molar-refractivity contribution < 1.29 is 22.9 Å². The number of para-hydroxylation sites is 1. The van der Waals surface area contributed by atoms with Crippen LogP contribution in [0.4, 0.5) is 24.5 Å². The number of fused-ring (bicyclic) bond motifs is 1. The summed E-state index contributed by atoms with van der Waals surface area (Å²) < 4.78 is 41.3. The van der Waals surface area contributed by atoms with Gasteiger partial charge in [0, 0.05) is 23.4 Å². The number of nitro benzene ring substituents is 1. The number of nitrogens with one attached hydrogen (secondary N) is 1. The number of carbonyl (C=O) groups is 1. The Kier molecular flexibility index (Phi) is 5.39. The first kappa shape index (κ1) is 21.4. The van der Waals surface area contributed by atoms with Crippen molar-refractivity contribution in [1.29, 1.82) is 0 Å². The van der Waals surface area contributed by atoms with Gasteiger partial charge in [0.25, 0.3) is 11.6 Å². The standard InChI is InChI=1S/C22H14F3N3O3S/c1-12-14(21-27-18-6-2-3-8-19(18)32-21)5-4-7-17(12)26-20(29)15-10-9-13(28(30)31)11-16(15)22(23,24)25/h2-11H,1H3,(H,26,29). The maximum Gasteiger partial charge on any atom is 0.417 e. The van der Waals surface area contributed by atoms with Crippen LogP contribution in [0.15, 0.2) is 60.7 Å². The molecule has 0 saturated heterocycles. The Balaban J connectivity index is 1.70. The van der Waals surface area contributed by atoms with Crippen LogP contribution in [0.1, 0.15) is 21.5 Å². The number of thiazole rings is 1. The molecule has 1 heterocycles. The Labute approximate surface area is 183 Å². The van der Waals surface area contributed by atoms with Gasteiger partial charge in [-0.2, -0.15) is 13.2 Å². The Bertz CT molecular complexity index is 1330. The molecule has 1 aromatic heterocycles. The van der Waals surface area contributed by atoms with Crippen LogP contribution in [0.3, 0.4) is 0 Å². The first-order valence-corrected chi connectivity index (χ1v) is 10.1. The second kappa shape index (κ2) is 8.04. The molecule has 6 nitrogen and oxygen atoms in total. The number of amides is 1. The zero-order valence-electron chi connectivity index (χ0n) is 16.4. The van der Waals surface area contributed by atoms with Crippen LogP contribution in [-0.2, 0) is 6.18 Å². The van der Waals surface area contributed by atoms with Crippen LogP contribution in [0.2, 0.25) is 0 Å². The molecule has 1 amide bonds. The van der Waals surface area contributed by atoms with Gasteiger partial charge >= 0.3 is 6.18 Å². The van der Waals surface area contributed by atoms with E-state index in [-0.39, 0.29) is 0 Å². The number of hydrogen-bond acceptors (Lipinski definition) is 5. The molecule has 0 aliphatic carbocycles. The zero-order valence-corrected chi connectivity index (χ0v) is 17.3. The van der Waals surface area contributed by atoms with Crippen molar-refractivity contribution in [3.8, 4) is 10.6 Å². The number of alkyl halides is 3. The number of anilines is 1. The maximum absolute atomic E-state index is 13.4. The smallest absolute Gasteiger partial charge is 0.322 e. The minimum Gasteiger partial charge on any atom is -0.322 e. The summed E-state index contributed by atoms with van der Waals surface area (Å²) >= 11 is 1.46. The van der Waals surface area contributed by atoms with Crippen molar-refractivity contribution in [2.75, 3.05) is 5.32 Å². The summed E-state index contributed by atoms with van der Waals surface area (Å²) in [7, 11) is 0. The molecule has 0 unspecified atom stereocenters. The maximum atomic E-state index is 13.4. The number of rotatable bonds is 4. The van der Waals surface area contributed by atoms with E-state index in [9.17, 15) is 28.1 Å². The van der Waals surface area contributed by atoms with Crippen LogP contribution >= 0.6 is 11.3 Å². The fourth-order valence-corrected chi connectivity index (χ4v) is 4.31. The number of non-ortho nitro benzene ring substituents is 1. The summed E-state index contributed by atoms with van der Waals surface area (Å²) in [5.41, 5.74) is -0.306. The quantitative estimate of drug-likeness (QED) is 0.282. The van der Waals surface area contributed by atoms with E-state index in [1.54, 1.807) is 19.1 Å². The molecule has 10 heteroatoms. The van der Waals surface area contributed by atoms with Crippen molar-refractivity contribution >= 4 is 38.8 Å². The highest BCUT2D eigenvalue weighted by Crippen LogP contribution is 2.36. The van der Waals surface area contributed by atoms with Gasteiger partial charge in [-0.15, -0.1) is 11.3 Å². The number of carbonyl (C=O) groups excluding carboxylic acids is 1. The zero-order chi connectivity index (χ0) is 23.0. The predicted molar refractivity (Wildman–Crippen MR) is 116 cm³/mol. The molecule has 0 fully saturated rings. The molecule has 0 radical (unpaired) electrons. The van der Waals surface area contributed by atoms with Crippen molar-refractivity contribution in [1.82, 2.24) is 4.98 Å². The van der Waals surface area contributed by atoms with E-state index in [0.29, 0.717) is 22.3 Å². The highest BCUT2D eigenvalue weighted by molar-refractivity contribution is 7.21. The lowest BCUT2D eigenvalue weighted by atomic mass is 10.0. The molecule has 3 aromatic carbocycles. The van der Waals surface area contributed by atoms with Gasteiger partial charge in [0.2, 0.25) is 0 Å². The lowest BCUT2D eigenvalue weighted by Gasteiger charge is -2.15. The Morgan fingerprint density at radius 1 is 1.09 bits per heavy atom. The molecule has 4 aromatic rings. The van der Waals surface area contributed by atoms with Gasteiger partial charge < -0.3 is 5.32 Å². The third kappa shape index (κ3) is 4.04. The van der Waals surface area contributed by atoms with Gasteiger partial charge in [0.1, 0.15) is 5.01 Å². The summed E-state index contributed by atoms with van der Waals surface area (Å²) in [4.78, 5) is 27.2. The SMILES string of the molecule is Cc1c(NC(=O)c2ccc([N+](=O)[O-])cc2C(F)(F)F)cccc1-c1nc2ccccc2s1. The molecule has 32 heavy (non-hydrogen) atoms. The number of benzene rings is 3. The van der Waals surface area contributed by atoms with E-state index >= 15 is 0 Å². The summed E-state index contributed by atoms with van der Waals surface area (Å²) in [6.45, 7) is 1.73. The number of nitro groups is 1. The average molecular weight is 457 g/mol. The third-order valence-corrected chi connectivity index (χ3v) is 5.94. The van der Waals surface area contributed by atoms with Gasteiger partial charge in [0.05, 0.1) is 26.3 Å². The number of nitrogens with zero attached hydrogens (tertiary/aromatic N) is 2. The lowest BCUT2D eigenvalue weighted by Crippen LogP contribution is -2.19. The van der Waals surface area contributed by atoms with E-state index in [2.05, 4.69) is 10.3 Å². The predicted octanol–water partition coefficient (Wildman–Crippen LogP) is 6.45. The molecule has 0 aliphatic heterocycles. The molecule has 0 bridgehead atoms. The lowest BCUT2D eigenvalue weighted by molar-refractivity contribution is -0.385. The van der Waals surface area contributed by atoms with Gasteiger partial charge in [-0.1, -0.05) is 24.3 Å². The van der Waals surface area contributed by atoms with Crippen molar-refractivity contribution in [3.05, 3.63) is 87.5 Å². The first-order valence-electron chi connectivity index (χ1n) is 9.27. The minimum atomic E-state index is -4.93. The topological polar surface area (TPSA) is 85.1 Å². The van der Waals surface area contributed by atoms with Crippen LogP contribution in [0.5, 0.6) is 0 Å². The van der Waals surface area contributed by atoms with E-state index in [1.165, 1.54) is 11.3 Å². The van der Waals surface area contributed by atoms with Gasteiger partial charge in [0.15, 0.2) is 0 Å². The van der Waals surface area contributed by atoms with E-state index in [0.717, 1.165) is 27.9 Å². The molecule has 0 aliphatic rings. The Hall–Kier alpha value is -3.79. The molecule has 0 spiro atoms. The summed E-state index contributed by atoms with van der Waals surface area (Å²) in [6.07, 6.45) is -4.93. The van der Waals surface area contributed by atoms with Crippen LogP contribution in [0, 0.1) is 17.0 Å². The van der Waals surface area contributed by atoms with E-state index in [1.807, 2.05) is 30.3 Å². The van der Waals surface area contributed by atoms with Gasteiger partial charge in [-0.3, -0.25) is 14.9 Å². The molecule has 0 atom stereocenters. The van der Waals surface area contributed by atoms with Crippen LogP contribution in [-0.4, -0.2) is 15.8 Å². The second-order valence-corrected chi connectivity index (χ2v) is 7.93. The summed E-state index contributed by atoms with van der Waals surface area (Å²) in [6, 6.07) is 14.7. The summed E-state index contributed by atoms with van der Waals surface area (Å²) in [5.74, 6) is -1.02. The van der Waals surface area contributed by atoms with Crippen LogP contribution in [0.25, 0.3) is 20.8 Å². The molecule has 4 rings (SSSR count). The van der Waals surface area contributed by atoms with Gasteiger partial charge in [-0.05, 0) is 36.8 Å². The van der Waals surface area contributed by atoms with E-state index in [4.69, 9.17) is 0 Å². The molecule has 162 valence electrons. The molecule has 0 saturated carbocycles. The van der Waals surface area contributed by atoms with Crippen molar-refractivity contribution in [2.24, 2.45) is 0 Å². The Morgan fingerprint density at radius 2 is 1.84 bits per heavy atom. The Morgan fingerprint density at radius 3 is 2.53 bits per heavy atom. The third-order valence-electron chi connectivity index (χ3n) is 4.87. The molecular formula is C22H14F3N3O3S. The highest BCUT2D eigenvalue weighted by atomic mass is 32.1.